The van der Waals surface area contributed by atoms with Crippen LogP contribution >= 0.6 is 23.2 Å². The third kappa shape index (κ3) is 2.41. The van der Waals surface area contributed by atoms with Gasteiger partial charge in [0.2, 0.25) is 0 Å². The van der Waals surface area contributed by atoms with Crippen LogP contribution in [-0.2, 0) is 9.67 Å². The molecular weight excluding hydrogens is 293 g/mol. The van der Waals surface area contributed by atoms with Crippen LogP contribution in [0.5, 0.6) is 0 Å². The van der Waals surface area contributed by atoms with E-state index in [1.807, 2.05) is 13.0 Å². The van der Waals surface area contributed by atoms with Crippen molar-refractivity contribution in [2.75, 3.05) is 5.73 Å². The van der Waals surface area contributed by atoms with Gasteiger partial charge >= 0.3 is 0 Å². The van der Waals surface area contributed by atoms with Crippen molar-refractivity contribution in [2.45, 2.75) is 18.7 Å². The van der Waals surface area contributed by atoms with Gasteiger partial charge in [-0.3, -0.25) is 4.79 Å². The van der Waals surface area contributed by atoms with E-state index >= 15 is 0 Å². The Labute approximate surface area is 128 Å². The molecule has 1 unspecified atom stereocenters. The van der Waals surface area contributed by atoms with Crippen LogP contribution in [0, 0.1) is 6.92 Å². The molecule has 20 heavy (non-hydrogen) atoms. The molecule has 0 spiro atoms. The lowest BCUT2D eigenvalue weighted by molar-refractivity contribution is -0.118. The first-order chi connectivity index (χ1) is 9.37. The Morgan fingerprint density at radius 2 is 1.80 bits per heavy atom. The Balaban J connectivity index is 2.73. The van der Waals surface area contributed by atoms with Crippen LogP contribution in [-0.4, -0.2) is 5.78 Å². The van der Waals surface area contributed by atoms with E-state index in [4.69, 9.17) is 28.9 Å². The molecule has 0 aromatic heterocycles. The van der Waals surface area contributed by atoms with E-state index in [0.29, 0.717) is 21.8 Å². The van der Waals surface area contributed by atoms with E-state index in [1.165, 1.54) is 6.92 Å². The molecule has 2 rings (SSSR count). The molecule has 0 radical (unpaired) electrons. The average molecular weight is 308 g/mol. The van der Waals surface area contributed by atoms with E-state index < -0.39 is 4.87 Å². The van der Waals surface area contributed by atoms with Gasteiger partial charge in [-0.2, -0.15) is 0 Å². The molecule has 0 fully saturated rings. The van der Waals surface area contributed by atoms with E-state index in [1.54, 1.807) is 36.4 Å². The number of halogens is 2. The lowest BCUT2D eigenvalue weighted by Gasteiger charge is -2.27. The summed E-state index contributed by atoms with van der Waals surface area (Å²) in [5, 5.41) is 0.457. The Bertz CT molecular complexity index is 669. The molecule has 2 N–H and O–H groups in total. The van der Waals surface area contributed by atoms with Crippen molar-refractivity contribution in [2.24, 2.45) is 0 Å². The number of hydrogen-bond acceptors (Lipinski definition) is 2. The lowest BCUT2D eigenvalue weighted by Crippen LogP contribution is -2.30. The minimum absolute atomic E-state index is 0.220. The average Bonchev–Trinajstić information content (AvgIpc) is 2.38. The van der Waals surface area contributed by atoms with Gasteiger partial charge in [0, 0.05) is 21.8 Å². The van der Waals surface area contributed by atoms with E-state index in [2.05, 4.69) is 0 Å². The molecular formula is C16H15Cl2NO. The van der Waals surface area contributed by atoms with Crippen molar-refractivity contribution >= 4 is 34.7 Å². The molecule has 2 aromatic carbocycles. The van der Waals surface area contributed by atoms with Gasteiger partial charge in [-0.15, -0.1) is 11.6 Å². The molecule has 0 aliphatic carbocycles. The lowest BCUT2D eigenvalue weighted by atomic mass is 9.86. The predicted molar refractivity (Wildman–Crippen MR) is 84.4 cm³/mol. The monoisotopic (exact) mass is 307 g/mol. The number of carbonyl (C=O) groups is 1. The standard InChI is InChI=1S/C16H15Cl2NO/c1-10-7-8-12(14(17)9-10)16(18,11(2)20)13-5-3-4-6-15(13)19/h3-9H,19H2,1-2H3. The second kappa shape index (κ2) is 5.47. The molecule has 0 aliphatic heterocycles. The summed E-state index contributed by atoms with van der Waals surface area (Å²) in [7, 11) is 0. The third-order valence-corrected chi connectivity index (χ3v) is 4.30. The summed E-state index contributed by atoms with van der Waals surface area (Å²) in [5.74, 6) is -0.220. The Kier molecular flexibility index (Phi) is 4.07. The van der Waals surface area contributed by atoms with Gasteiger partial charge in [0.05, 0.1) is 0 Å². The SMILES string of the molecule is CC(=O)C(Cl)(c1ccccc1N)c1ccc(C)cc1Cl. The smallest absolute Gasteiger partial charge is 0.159 e. The van der Waals surface area contributed by atoms with Crippen LogP contribution in [0.4, 0.5) is 5.69 Å². The molecule has 0 heterocycles. The highest BCUT2D eigenvalue weighted by atomic mass is 35.5. The highest BCUT2D eigenvalue weighted by molar-refractivity contribution is 6.40. The maximum atomic E-state index is 12.2. The van der Waals surface area contributed by atoms with Crippen LogP contribution in [0.2, 0.25) is 5.02 Å². The fourth-order valence-corrected chi connectivity index (χ4v) is 3.00. The number of carbonyl (C=O) groups excluding carboxylic acids is 1. The van der Waals surface area contributed by atoms with Crippen molar-refractivity contribution < 1.29 is 4.79 Å². The topological polar surface area (TPSA) is 43.1 Å². The predicted octanol–water partition coefficient (Wildman–Crippen LogP) is 4.30. The summed E-state index contributed by atoms with van der Waals surface area (Å²) in [6.45, 7) is 3.37. The zero-order valence-electron chi connectivity index (χ0n) is 11.3. The minimum Gasteiger partial charge on any atom is -0.398 e. The number of nitrogens with two attached hydrogens (primary N) is 1. The Hall–Kier alpha value is -1.51. The van der Waals surface area contributed by atoms with Gasteiger partial charge in [-0.25, -0.2) is 0 Å². The second-order valence-corrected chi connectivity index (χ2v) is 5.76. The number of anilines is 1. The first kappa shape index (κ1) is 14.9. The Morgan fingerprint density at radius 1 is 1.15 bits per heavy atom. The van der Waals surface area contributed by atoms with Gasteiger partial charge in [0.1, 0.15) is 0 Å². The number of aryl methyl sites for hydroxylation is 1. The van der Waals surface area contributed by atoms with Gasteiger partial charge in [-0.05, 0) is 31.5 Å². The highest BCUT2D eigenvalue weighted by Gasteiger charge is 2.40. The summed E-state index contributed by atoms with van der Waals surface area (Å²) in [5.41, 5.74) is 8.56. The molecule has 104 valence electrons. The number of ketones is 1. The number of rotatable bonds is 3. The maximum absolute atomic E-state index is 12.2. The molecule has 2 nitrogen and oxygen atoms in total. The minimum atomic E-state index is -1.36. The van der Waals surface area contributed by atoms with Crippen molar-refractivity contribution in [3.63, 3.8) is 0 Å². The molecule has 0 bridgehead atoms. The quantitative estimate of drug-likeness (QED) is 0.678. The number of hydrogen-bond donors (Lipinski definition) is 1. The normalized spacial score (nSPS) is 13.8. The number of nitrogen functional groups attached to an aromatic ring is 1. The van der Waals surface area contributed by atoms with Crippen molar-refractivity contribution in [1.29, 1.82) is 0 Å². The maximum Gasteiger partial charge on any atom is 0.159 e. The zero-order valence-corrected chi connectivity index (χ0v) is 12.8. The van der Waals surface area contributed by atoms with Crippen molar-refractivity contribution in [1.82, 2.24) is 0 Å². The highest BCUT2D eigenvalue weighted by Crippen LogP contribution is 2.43. The van der Waals surface area contributed by atoms with Crippen LogP contribution in [0.25, 0.3) is 0 Å². The molecule has 2 aromatic rings. The van der Waals surface area contributed by atoms with E-state index in [-0.39, 0.29) is 5.78 Å². The first-order valence-electron chi connectivity index (χ1n) is 6.19. The van der Waals surface area contributed by atoms with Gasteiger partial charge in [0.25, 0.3) is 0 Å². The Morgan fingerprint density at radius 3 is 2.35 bits per heavy atom. The summed E-state index contributed by atoms with van der Waals surface area (Å²) in [6, 6.07) is 12.5. The fraction of sp³-hybridized carbons (Fsp3) is 0.188. The van der Waals surface area contributed by atoms with Crippen LogP contribution in [0.1, 0.15) is 23.6 Å². The summed E-state index contributed by atoms with van der Waals surface area (Å²) >= 11 is 13.0. The third-order valence-electron chi connectivity index (χ3n) is 3.31. The van der Waals surface area contributed by atoms with Crippen LogP contribution in [0.15, 0.2) is 42.5 Å². The molecule has 0 saturated carbocycles. The second-order valence-electron chi connectivity index (χ2n) is 4.79. The molecule has 0 saturated heterocycles. The summed E-state index contributed by atoms with van der Waals surface area (Å²) < 4.78 is 0. The molecule has 0 aliphatic rings. The summed E-state index contributed by atoms with van der Waals surface area (Å²) in [6.07, 6.45) is 0. The van der Waals surface area contributed by atoms with E-state index in [0.717, 1.165) is 5.56 Å². The first-order valence-corrected chi connectivity index (χ1v) is 6.94. The largest absolute Gasteiger partial charge is 0.398 e. The molecule has 0 amide bonds. The van der Waals surface area contributed by atoms with Gasteiger partial charge in [0.15, 0.2) is 10.7 Å². The van der Waals surface area contributed by atoms with Gasteiger partial charge < -0.3 is 5.73 Å². The molecule has 1 atom stereocenters. The number of alkyl halides is 1. The van der Waals surface area contributed by atoms with Crippen molar-refractivity contribution in [3.05, 3.63) is 64.2 Å². The van der Waals surface area contributed by atoms with Gasteiger partial charge in [-0.1, -0.05) is 41.9 Å². The van der Waals surface area contributed by atoms with Crippen LogP contribution in [0.3, 0.4) is 0 Å². The zero-order chi connectivity index (χ0) is 14.9. The van der Waals surface area contributed by atoms with Crippen molar-refractivity contribution in [3.8, 4) is 0 Å². The number of Topliss-reactive ketones (excluding diaryl/α,β-unsaturated/α-hetero) is 1. The number of benzene rings is 2. The summed E-state index contributed by atoms with van der Waals surface area (Å²) in [4.78, 5) is 10.8. The van der Waals surface area contributed by atoms with Crippen LogP contribution < -0.4 is 5.73 Å². The number of para-hydroxylation sites is 1. The fourth-order valence-electron chi connectivity index (χ4n) is 2.23. The van der Waals surface area contributed by atoms with E-state index in [9.17, 15) is 4.79 Å². The molecule has 4 heteroatoms.